The summed E-state index contributed by atoms with van der Waals surface area (Å²) >= 11 is 0. The topological polar surface area (TPSA) is 70.1 Å². The summed E-state index contributed by atoms with van der Waals surface area (Å²) in [7, 11) is 0. The SMILES string of the molecule is Cc1nc(F)c(Oc2cnc3c(c2)c2nc4ccccc4n2c2cccc(C(C)C)c32)cc1-n1cc2ccccc2n1. The Morgan fingerprint density at radius 2 is 1.64 bits per heavy atom. The van der Waals surface area contributed by atoms with Crippen LogP contribution in [0.1, 0.15) is 31.0 Å². The third-order valence-corrected chi connectivity index (χ3v) is 7.83. The van der Waals surface area contributed by atoms with Gasteiger partial charge in [0.2, 0.25) is 0 Å². The van der Waals surface area contributed by atoms with E-state index in [1.807, 2.05) is 54.7 Å². The van der Waals surface area contributed by atoms with Crippen LogP contribution in [0.3, 0.4) is 0 Å². The van der Waals surface area contributed by atoms with Crippen LogP contribution in [-0.4, -0.2) is 29.1 Å². The predicted octanol–water partition coefficient (Wildman–Crippen LogP) is 8.29. The third kappa shape index (κ3) is 3.65. The Bertz CT molecular complexity index is 2320. The van der Waals surface area contributed by atoms with E-state index in [0.717, 1.165) is 49.4 Å². The second-order valence-electron chi connectivity index (χ2n) is 10.8. The Kier molecular flexibility index (Phi) is 5.28. The van der Waals surface area contributed by atoms with Crippen molar-refractivity contribution >= 4 is 49.4 Å². The van der Waals surface area contributed by atoms with Gasteiger partial charge in [-0.2, -0.15) is 9.49 Å². The molecule has 8 rings (SSSR count). The minimum Gasteiger partial charge on any atom is -0.451 e. The number of nitrogens with zero attached hydrogens (tertiary/aromatic N) is 6. The molecule has 0 fully saturated rings. The van der Waals surface area contributed by atoms with Crippen molar-refractivity contribution < 1.29 is 9.13 Å². The van der Waals surface area contributed by atoms with Crippen LogP contribution in [0.4, 0.5) is 4.39 Å². The third-order valence-electron chi connectivity index (χ3n) is 7.83. The Balaban J connectivity index is 1.33. The van der Waals surface area contributed by atoms with Crippen molar-refractivity contribution in [1.82, 2.24) is 29.1 Å². The van der Waals surface area contributed by atoms with E-state index in [0.29, 0.717) is 17.1 Å². The standard InChI is InChI=1S/C34H25FN6O/c1-19(2)23-10-8-14-28-31(23)32-24(34-38-26-12-6-7-13-27(26)41(28)34)15-22(17-36-32)42-30-16-29(20(3)37-33(30)35)40-18-21-9-4-5-11-25(21)39-40/h4-19H,1-3H3. The summed E-state index contributed by atoms with van der Waals surface area (Å²) in [5, 5.41) is 7.52. The van der Waals surface area contributed by atoms with Crippen LogP contribution in [0.2, 0.25) is 0 Å². The number of aromatic nitrogens is 6. The summed E-state index contributed by atoms with van der Waals surface area (Å²) in [4.78, 5) is 14.0. The van der Waals surface area contributed by atoms with Gasteiger partial charge in [0.05, 0.1) is 45.2 Å². The van der Waals surface area contributed by atoms with Gasteiger partial charge in [0.15, 0.2) is 5.75 Å². The molecule has 5 aromatic heterocycles. The lowest BCUT2D eigenvalue weighted by molar-refractivity contribution is 0.426. The van der Waals surface area contributed by atoms with Crippen molar-refractivity contribution in [3.05, 3.63) is 108 Å². The van der Waals surface area contributed by atoms with E-state index in [9.17, 15) is 0 Å². The van der Waals surface area contributed by atoms with Gasteiger partial charge in [0.25, 0.3) is 5.95 Å². The lowest BCUT2D eigenvalue weighted by Gasteiger charge is -2.15. The molecule has 7 nitrogen and oxygen atoms in total. The smallest absolute Gasteiger partial charge is 0.256 e. The number of fused-ring (bicyclic) bond motifs is 9. The van der Waals surface area contributed by atoms with Crippen molar-refractivity contribution in [1.29, 1.82) is 0 Å². The Morgan fingerprint density at radius 3 is 2.48 bits per heavy atom. The lowest BCUT2D eigenvalue weighted by atomic mass is 9.96. The highest BCUT2D eigenvalue weighted by molar-refractivity contribution is 6.13. The van der Waals surface area contributed by atoms with Gasteiger partial charge in [-0.15, -0.1) is 0 Å². The molecule has 8 aromatic rings. The van der Waals surface area contributed by atoms with Crippen molar-refractivity contribution in [2.24, 2.45) is 0 Å². The minimum atomic E-state index is -0.703. The quantitative estimate of drug-likeness (QED) is 0.162. The van der Waals surface area contributed by atoms with Crippen LogP contribution in [0.25, 0.3) is 55.1 Å². The average molecular weight is 553 g/mol. The van der Waals surface area contributed by atoms with Crippen LogP contribution in [0.15, 0.2) is 91.3 Å². The number of rotatable bonds is 4. The summed E-state index contributed by atoms with van der Waals surface area (Å²) in [5.41, 5.74) is 7.71. The zero-order chi connectivity index (χ0) is 28.5. The van der Waals surface area contributed by atoms with Crippen LogP contribution in [0.5, 0.6) is 11.5 Å². The van der Waals surface area contributed by atoms with Gasteiger partial charge in [0, 0.05) is 28.4 Å². The molecule has 8 heteroatoms. The molecule has 0 saturated heterocycles. The minimum absolute atomic E-state index is 0.00973. The monoisotopic (exact) mass is 552 g/mol. The van der Waals surface area contributed by atoms with Crippen molar-refractivity contribution in [2.45, 2.75) is 26.7 Å². The Morgan fingerprint density at radius 1 is 0.857 bits per heavy atom. The molecular weight excluding hydrogens is 527 g/mol. The first-order chi connectivity index (χ1) is 20.5. The number of hydrogen-bond acceptors (Lipinski definition) is 5. The van der Waals surface area contributed by atoms with Gasteiger partial charge in [-0.3, -0.25) is 9.38 Å². The normalized spacial score (nSPS) is 12.0. The number of aryl methyl sites for hydroxylation is 1. The highest BCUT2D eigenvalue weighted by Crippen LogP contribution is 2.37. The number of hydrogen-bond donors (Lipinski definition) is 0. The fourth-order valence-electron chi connectivity index (χ4n) is 5.87. The largest absolute Gasteiger partial charge is 0.451 e. The van der Waals surface area contributed by atoms with Gasteiger partial charge < -0.3 is 4.74 Å². The molecule has 0 unspecified atom stereocenters. The highest BCUT2D eigenvalue weighted by atomic mass is 19.1. The fraction of sp³-hybridized carbons (Fsp3) is 0.118. The second kappa shape index (κ2) is 9.07. The molecule has 42 heavy (non-hydrogen) atoms. The van der Waals surface area contributed by atoms with Crippen LogP contribution < -0.4 is 4.74 Å². The first-order valence-electron chi connectivity index (χ1n) is 13.9. The molecule has 0 aliphatic rings. The maximum Gasteiger partial charge on any atom is 0.256 e. The fourth-order valence-corrected chi connectivity index (χ4v) is 5.87. The lowest BCUT2D eigenvalue weighted by Crippen LogP contribution is -2.03. The summed E-state index contributed by atoms with van der Waals surface area (Å²) in [6, 6.07) is 25.8. The molecule has 0 bridgehead atoms. The van der Waals surface area contributed by atoms with Crippen LogP contribution in [0, 0.1) is 12.9 Å². The van der Waals surface area contributed by atoms with Gasteiger partial charge in [-0.1, -0.05) is 56.3 Å². The molecule has 0 aliphatic heterocycles. The molecule has 0 radical (unpaired) electrons. The molecule has 0 N–H and O–H groups in total. The summed E-state index contributed by atoms with van der Waals surface area (Å²) in [5.74, 6) is -0.0410. The number of halogens is 1. The first-order valence-corrected chi connectivity index (χ1v) is 13.9. The molecule has 0 atom stereocenters. The van der Waals surface area contributed by atoms with Crippen molar-refractivity contribution in [2.75, 3.05) is 0 Å². The van der Waals surface area contributed by atoms with Crippen LogP contribution in [-0.2, 0) is 0 Å². The number of para-hydroxylation sites is 2. The number of imidazole rings is 1. The van der Waals surface area contributed by atoms with E-state index in [2.05, 4.69) is 52.6 Å². The maximum atomic E-state index is 15.2. The summed E-state index contributed by atoms with van der Waals surface area (Å²) in [6.45, 7) is 6.12. The van der Waals surface area contributed by atoms with Crippen molar-refractivity contribution in [3.63, 3.8) is 0 Å². The van der Waals surface area contributed by atoms with E-state index in [4.69, 9.17) is 14.7 Å². The Labute approximate surface area is 239 Å². The molecule has 204 valence electrons. The predicted molar refractivity (Wildman–Crippen MR) is 163 cm³/mol. The molecular formula is C34H25FN6O. The molecule has 0 saturated carbocycles. The number of benzene rings is 3. The maximum absolute atomic E-state index is 15.2. The molecule has 3 aromatic carbocycles. The van der Waals surface area contributed by atoms with E-state index >= 15 is 4.39 Å². The van der Waals surface area contributed by atoms with Gasteiger partial charge in [-0.05, 0) is 48.7 Å². The van der Waals surface area contributed by atoms with E-state index in [1.54, 1.807) is 23.9 Å². The highest BCUT2D eigenvalue weighted by Gasteiger charge is 2.20. The second-order valence-corrected chi connectivity index (χ2v) is 10.8. The molecule has 5 heterocycles. The first kappa shape index (κ1) is 24.4. The van der Waals surface area contributed by atoms with Gasteiger partial charge >= 0.3 is 0 Å². The molecule has 0 aliphatic carbocycles. The zero-order valence-corrected chi connectivity index (χ0v) is 23.2. The summed E-state index contributed by atoms with van der Waals surface area (Å²) < 4.78 is 25.2. The van der Waals surface area contributed by atoms with E-state index in [-0.39, 0.29) is 11.7 Å². The summed E-state index contributed by atoms with van der Waals surface area (Å²) in [6.07, 6.45) is 3.54. The molecule has 0 spiro atoms. The van der Waals surface area contributed by atoms with E-state index in [1.165, 1.54) is 5.56 Å². The zero-order valence-electron chi connectivity index (χ0n) is 23.2. The molecule has 0 amide bonds. The van der Waals surface area contributed by atoms with E-state index < -0.39 is 5.95 Å². The Hall–Kier alpha value is -5.37. The number of pyridine rings is 3. The number of ether oxygens (including phenoxy) is 1. The van der Waals surface area contributed by atoms with Crippen molar-refractivity contribution in [3.8, 4) is 17.2 Å². The average Bonchev–Trinajstić information content (AvgIpc) is 3.60. The van der Waals surface area contributed by atoms with Gasteiger partial charge in [0.1, 0.15) is 11.4 Å². The van der Waals surface area contributed by atoms with Crippen LogP contribution >= 0.6 is 0 Å². The van der Waals surface area contributed by atoms with Gasteiger partial charge in [-0.25, -0.2) is 14.6 Å².